The van der Waals surface area contributed by atoms with E-state index in [0.717, 1.165) is 18.2 Å². The maximum Gasteiger partial charge on any atom is 0.416 e. The first kappa shape index (κ1) is 15.3. The molecule has 0 spiro atoms. The normalized spacial score (nSPS) is 25.3. The molecule has 2 rings (SSSR count). The van der Waals surface area contributed by atoms with Gasteiger partial charge in [0.25, 0.3) is 5.69 Å². The van der Waals surface area contributed by atoms with Gasteiger partial charge < -0.3 is 10.2 Å². The quantitative estimate of drug-likeness (QED) is 0.407. The number of aliphatic hydroxyl groups is 2. The lowest BCUT2D eigenvalue weighted by molar-refractivity contribution is -0.385. The minimum Gasteiger partial charge on any atom is -0.374 e. The van der Waals surface area contributed by atoms with Crippen LogP contribution in [0.5, 0.6) is 0 Å². The van der Waals surface area contributed by atoms with Crippen molar-refractivity contribution >= 4 is 5.69 Å². The highest BCUT2D eigenvalue weighted by atomic mass is 19.4. The van der Waals surface area contributed by atoms with E-state index < -0.39 is 34.3 Å². The van der Waals surface area contributed by atoms with Crippen LogP contribution in [0.15, 0.2) is 24.3 Å². The maximum atomic E-state index is 12.0. The van der Waals surface area contributed by atoms with Gasteiger partial charge in [-0.1, -0.05) is 6.07 Å². The molecule has 1 aliphatic rings. The summed E-state index contributed by atoms with van der Waals surface area (Å²) >= 11 is 0. The number of hydrogen-bond donors (Lipinski definition) is 3. The van der Waals surface area contributed by atoms with Crippen LogP contribution in [0.25, 0.3) is 0 Å². The van der Waals surface area contributed by atoms with Crippen LogP contribution in [0.1, 0.15) is 12.5 Å². The molecular weight excluding hydrogens is 269 g/mol. The summed E-state index contributed by atoms with van der Waals surface area (Å²) in [4.78, 5) is 9.25. The van der Waals surface area contributed by atoms with Crippen molar-refractivity contribution in [3.8, 4) is 0 Å². The van der Waals surface area contributed by atoms with Gasteiger partial charge in [0.15, 0.2) is 5.72 Å². The first-order chi connectivity index (χ1) is 8.54. The molecule has 2 atom stereocenters. The van der Waals surface area contributed by atoms with E-state index in [9.17, 15) is 23.3 Å². The van der Waals surface area contributed by atoms with Crippen LogP contribution >= 0.6 is 0 Å². The molecule has 0 bridgehead atoms. The van der Waals surface area contributed by atoms with Crippen molar-refractivity contribution in [1.82, 2.24) is 5.32 Å². The molecule has 0 aromatic heterocycles. The molecule has 2 unspecified atom stereocenters. The Bertz CT molecular complexity index is 476. The lowest BCUT2D eigenvalue weighted by Gasteiger charge is -2.04. The van der Waals surface area contributed by atoms with Crippen LogP contribution in [0.3, 0.4) is 0 Å². The fraction of sp³-hybridized carbons (Fsp3) is 0.400. The molecular formula is C10H11F3N2O4. The average molecular weight is 280 g/mol. The summed E-state index contributed by atoms with van der Waals surface area (Å²) in [5, 5.41) is 29.4. The summed E-state index contributed by atoms with van der Waals surface area (Å²) in [6.45, 7) is 1.51. The second-order valence-corrected chi connectivity index (χ2v) is 4.00. The number of non-ortho nitro benzene ring substituents is 1. The lowest BCUT2D eigenvalue weighted by Crippen LogP contribution is -2.07. The number of nitrogens with one attached hydrogen (secondary N) is 1. The molecule has 0 amide bonds. The van der Waals surface area contributed by atoms with Crippen LogP contribution in [0.4, 0.5) is 18.9 Å². The zero-order valence-corrected chi connectivity index (χ0v) is 9.68. The summed E-state index contributed by atoms with van der Waals surface area (Å²) in [5.41, 5.74) is -2.56. The zero-order valence-electron chi connectivity index (χ0n) is 9.68. The standard InChI is InChI=1S/C7H4F3NO2.C3H7NO2/c8-7(9,10)5-2-1-3-6(4-5)11(12)13;1-3(6)2(5)4-3/h1-4H;2,4-6H,1H3. The van der Waals surface area contributed by atoms with Gasteiger partial charge in [-0.3, -0.25) is 15.4 Å². The van der Waals surface area contributed by atoms with Crippen molar-refractivity contribution in [2.75, 3.05) is 0 Å². The molecule has 106 valence electrons. The fourth-order valence-corrected chi connectivity index (χ4v) is 1.03. The SMILES string of the molecule is CC1(O)NC1O.O=[N+]([O-])c1cccc(C(F)(F)F)c1. The summed E-state index contributed by atoms with van der Waals surface area (Å²) in [7, 11) is 0. The number of nitro benzene ring substituents is 1. The van der Waals surface area contributed by atoms with E-state index in [1.807, 2.05) is 0 Å². The Kier molecular flexibility index (Phi) is 4.13. The number of alkyl halides is 3. The van der Waals surface area contributed by atoms with Crippen LogP contribution < -0.4 is 5.32 Å². The number of nitrogens with zero attached hydrogens (tertiary/aromatic N) is 1. The predicted octanol–water partition coefficient (Wildman–Crippen LogP) is 1.23. The van der Waals surface area contributed by atoms with E-state index in [2.05, 4.69) is 5.32 Å². The second kappa shape index (κ2) is 5.11. The average Bonchev–Trinajstić information content (AvgIpc) is 2.83. The Hall–Kier alpha value is -1.71. The van der Waals surface area contributed by atoms with Gasteiger partial charge in [-0.05, 0) is 13.0 Å². The highest BCUT2D eigenvalue weighted by Gasteiger charge is 2.46. The van der Waals surface area contributed by atoms with E-state index in [-0.39, 0.29) is 0 Å². The van der Waals surface area contributed by atoms with Crippen molar-refractivity contribution < 1.29 is 28.3 Å². The van der Waals surface area contributed by atoms with Crippen LogP contribution in [0.2, 0.25) is 0 Å². The van der Waals surface area contributed by atoms with Gasteiger partial charge in [0.05, 0.1) is 10.5 Å². The van der Waals surface area contributed by atoms with Crippen LogP contribution in [0, 0.1) is 10.1 Å². The summed E-state index contributed by atoms with van der Waals surface area (Å²) < 4.78 is 36.0. The molecule has 0 aliphatic carbocycles. The molecule has 0 radical (unpaired) electrons. The number of aliphatic hydroxyl groups excluding tert-OH is 1. The van der Waals surface area contributed by atoms with Gasteiger partial charge in [0.2, 0.25) is 0 Å². The number of hydrogen-bond acceptors (Lipinski definition) is 5. The van der Waals surface area contributed by atoms with E-state index in [0.29, 0.717) is 6.07 Å². The van der Waals surface area contributed by atoms with E-state index >= 15 is 0 Å². The van der Waals surface area contributed by atoms with Crippen molar-refractivity contribution in [3.05, 3.63) is 39.9 Å². The summed E-state index contributed by atoms with van der Waals surface area (Å²) in [6, 6.07) is 3.29. The number of nitro groups is 1. The molecule has 6 nitrogen and oxygen atoms in total. The van der Waals surface area contributed by atoms with Crippen molar-refractivity contribution in [1.29, 1.82) is 0 Å². The predicted molar refractivity (Wildman–Crippen MR) is 57.9 cm³/mol. The Labute approximate surface area is 105 Å². The highest BCUT2D eigenvalue weighted by molar-refractivity contribution is 5.35. The van der Waals surface area contributed by atoms with Gasteiger partial charge >= 0.3 is 6.18 Å². The molecule has 1 aromatic carbocycles. The Balaban J connectivity index is 0.000000250. The van der Waals surface area contributed by atoms with Gasteiger partial charge in [-0.2, -0.15) is 13.2 Å². The van der Waals surface area contributed by atoms with E-state index in [1.54, 1.807) is 0 Å². The third kappa shape index (κ3) is 4.47. The van der Waals surface area contributed by atoms with Gasteiger partial charge in [-0.15, -0.1) is 0 Å². The zero-order chi connectivity index (χ0) is 14.8. The Morgan fingerprint density at radius 1 is 1.47 bits per heavy atom. The molecule has 3 N–H and O–H groups in total. The molecule has 9 heteroatoms. The van der Waals surface area contributed by atoms with Gasteiger partial charge in [0, 0.05) is 12.1 Å². The largest absolute Gasteiger partial charge is 0.416 e. The van der Waals surface area contributed by atoms with Gasteiger partial charge in [0.1, 0.15) is 6.23 Å². The number of halogens is 3. The second-order valence-electron chi connectivity index (χ2n) is 4.00. The topological polar surface area (TPSA) is 106 Å². The first-order valence-corrected chi connectivity index (χ1v) is 5.04. The smallest absolute Gasteiger partial charge is 0.374 e. The summed E-state index contributed by atoms with van der Waals surface area (Å²) in [5.74, 6) is 0. The lowest BCUT2D eigenvalue weighted by atomic mass is 10.2. The highest BCUT2D eigenvalue weighted by Crippen LogP contribution is 2.30. The minimum absolute atomic E-state index is 0.500. The third-order valence-electron chi connectivity index (χ3n) is 2.26. The molecule has 1 saturated heterocycles. The summed E-state index contributed by atoms with van der Waals surface area (Å²) in [6.07, 6.45) is -5.23. The molecule has 1 aromatic rings. The monoisotopic (exact) mass is 280 g/mol. The first-order valence-electron chi connectivity index (χ1n) is 5.04. The van der Waals surface area contributed by atoms with E-state index in [4.69, 9.17) is 10.2 Å². The Morgan fingerprint density at radius 3 is 2.26 bits per heavy atom. The number of benzene rings is 1. The van der Waals surface area contributed by atoms with Crippen molar-refractivity contribution in [2.45, 2.75) is 25.1 Å². The minimum atomic E-state index is -4.54. The van der Waals surface area contributed by atoms with Crippen molar-refractivity contribution in [2.24, 2.45) is 0 Å². The fourth-order valence-electron chi connectivity index (χ4n) is 1.03. The Morgan fingerprint density at radius 2 is 1.95 bits per heavy atom. The number of rotatable bonds is 1. The molecule has 0 saturated carbocycles. The van der Waals surface area contributed by atoms with Gasteiger partial charge in [-0.25, -0.2) is 0 Å². The molecule has 19 heavy (non-hydrogen) atoms. The maximum absolute atomic E-state index is 12.0. The van der Waals surface area contributed by atoms with E-state index in [1.165, 1.54) is 6.92 Å². The molecule has 1 aliphatic heterocycles. The van der Waals surface area contributed by atoms with Crippen LogP contribution in [-0.2, 0) is 6.18 Å². The molecule has 1 heterocycles. The third-order valence-corrected chi connectivity index (χ3v) is 2.26. The van der Waals surface area contributed by atoms with Crippen molar-refractivity contribution in [3.63, 3.8) is 0 Å². The molecule has 1 fully saturated rings. The van der Waals surface area contributed by atoms with Crippen LogP contribution in [-0.4, -0.2) is 27.1 Å².